The molecule has 1 rings (SSSR count). The lowest BCUT2D eigenvalue weighted by Gasteiger charge is -2.01. The van der Waals surface area contributed by atoms with Gasteiger partial charge >= 0.3 is 5.97 Å². The summed E-state index contributed by atoms with van der Waals surface area (Å²) in [7, 11) is 0. The molecule has 2 heteroatoms. The highest BCUT2D eigenvalue weighted by atomic mass is 16.4. The Hall–Kier alpha value is -0.790. The van der Waals surface area contributed by atoms with Crippen LogP contribution in [0.25, 0.3) is 0 Å². The largest absolute Gasteiger partial charge is 0.481 e. The highest BCUT2D eigenvalue weighted by Gasteiger charge is 2.25. The maximum atomic E-state index is 10.4. The van der Waals surface area contributed by atoms with Crippen LogP contribution in [0.3, 0.4) is 0 Å². The van der Waals surface area contributed by atoms with Crippen molar-refractivity contribution in [3.8, 4) is 0 Å². The number of carboxylic acids is 1. The predicted octanol–water partition coefficient (Wildman–Crippen LogP) is 1.43. The quantitative estimate of drug-likeness (QED) is 0.539. The van der Waals surface area contributed by atoms with Crippen LogP contribution in [0.15, 0.2) is 12.2 Å². The van der Waals surface area contributed by atoms with Gasteiger partial charge in [0.05, 0.1) is 5.92 Å². The van der Waals surface area contributed by atoms with Crippen LogP contribution in [-0.4, -0.2) is 11.1 Å². The summed E-state index contributed by atoms with van der Waals surface area (Å²) in [6.45, 7) is 3.68. The standard InChI is InChI=1S/C7H10O2/c1-5-3-2-4-6(5)7(8)9/h6H,1-4H2,(H,8,9)/t6-/m0/s1. The number of carbonyl (C=O) groups is 1. The molecule has 1 aliphatic rings. The van der Waals surface area contributed by atoms with E-state index in [2.05, 4.69) is 6.58 Å². The van der Waals surface area contributed by atoms with Crippen LogP contribution in [0.4, 0.5) is 0 Å². The number of carboxylic acid groups (broad SMARTS) is 1. The zero-order valence-corrected chi connectivity index (χ0v) is 5.26. The molecule has 50 valence electrons. The Kier molecular flexibility index (Phi) is 1.56. The van der Waals surface area contributed by atoms with Crippen LogP contribution >= 0.6 is 0 Å². The molecule has 0 unspecified atom stereocenters. The second-order valence-corrected chi connectivity index (χ2v) is 2.44. The van der Waals surface area contributed by atoms with E-state index in [1.807, 2.05) is 0 Å². The van der Waals surface area contributed by atoms with Gasteiger partial charge in [-0.05, 0) is 19.3 Å². The Balaban J connectivity index is 2.60. The molecule has 0 amide bonds. The van der Waals surface area contributed by atoms with Gasteiger partial charge in [-0.3, -0.25) is 4.79 Å². The van der Waals surface area contributed by atoms with Crippen molar-refractivity contribution in [3.05, 3.63) is 12.2 Å². The van der Waals surface area contributed by atoms with E-state index in [4.69, 9.17) is 5.11 Å². The summed E-state index contributed by atoms with van der Waals surface area (Å²) in [4.78, 5) is 10.4. The fourth-order valence-corrected chi connectivity index (χ4v) is 1.21. The molecule has 0 bridgehead atoms. The van der Waals surface area contributed by atoms with Crippen LogP contribution in [0, 0.1) is 5.92 Å². The lowest BCUT2D eigenvalue weighted by Crippen LogP contribution is -2.09. The number of rotatable bonds is 1. The highest BCUT2D eigenvalue weighted by Crippen LogP contribution is 2.29. The summed E-state index contributed by atoms with van der Waals surface area (Å²) >= 11 is 0. The Morgan fingerprint density at radius 2 is 2.44 bits per heavy atom. The average molecular weight is 126 g/mol. The van der Waals surface area contributed by atoms with Crippen LogP contribution in [0.5, 0.6) is 0 Å². The van der Waals surface area contributed by atoms with Gasteiger partial charge in [0.1, 0.15) is 0 Å². The Labute approximate surface area is 54.2 Å². The molecule has 0 aromatic rings. The van der Waals surface area contributed by atoms with E-state index < -0.39 is 5.97 Å². The number of hydrogen-bond acceptors (Lipinski definition) is 1. The third-order valence-electron chi connectivity index (χ3n) is 1.78. The fraction of sp³-hybridized carbons (Fsp3) is 0.571. The first-order chi connectivity index (χ1) is 4.22. The summed E-state index contributed by atoms with van der Waals surface area (Å²) in [6, 6.07) is 0. The fourth-order valence-electron chi connectivity index (χ4n) is 1.21. The minimum Gasteiger partial charge on any atom is -0.481 e. The van der Waals surface area contributed by atoms with Gasteiger partial charge in [-0.25, -0.2) is 0 Å². The maximum absolute atomic E-state index is 10.4. The van der Waals surface area contributed by atoms with Gasteiger partial charge in [0, 0.05) is 0 Å². The molecule has 0 heterocycles. The molecule has 0 aromatic heterocycles. The molecule has 2 nitrogen and oxygen atoms in total. The molecule has 1 saturated carbocycles. The monoisotopic (exact) mass is 126 g/mol. The Morgan fingerprint density at radius 3 is 2.67 bits per heavy atom. The average Bonchev–Trinajstić information content (AvgIpc) is 2.13. The molecule has 1 aliphatic carbocycles. The van der Waals surface area contributed by atoms with Gasteiger partial charge in [0.2, 0.25) is 0 Å². The van der Waals surface area contributed by atoms with E-state index in [0.29, 0.717) is 0 Å². The predicted molar refractivity (Wildman–Crippen MR) is 34.1 cm³/mol. The molecule has 0 aliphatic heterocycles. The SMILES string of the molecule is C=C1CCC[C@@H]1C(=O)O. The van der Waals surface area contributed by atoms with Crippen molar-refractivity contribution >= 4 is 5.97 Å². The third kappa shape index (κ3) is 1.12. The minimum absolute atomic E-state index is 0.245. The Bertz CT molecular complexity index is 149. The first-order valence-electron chi connectivity index (χ1n) is 3.12. The summed E-state index contributed by atoms with van der Waals surface area (Å²) < 4.78 is 0. The summed E-state index contributed by atoms with van der Waals surface area (Å²) in [5.41, 5.74) is 0.891. The van der Waals surface area contributed by atoms with E-state index in [1.165, 1.54) is 0 Å². The van der Waals surface area contributed by atoms with Crippen molar-refractivity contribution in [3.63, 3.8) is 0 Å². The molecule has 0 saturated heterocycles. The first-order valence-corrected chi connectivity index (χ1v) is 3.12. The highest BCUT2D eigenvalue weighted by molar-refractivity contribution is 5.73. The number of hydrogen-bond donors (Lipinski definition) is 1. The molecular formula is C7H10O2. The minimum atomic E-state index is -0.711. The second-order valence-electron chi connectivity index (χ2n) is 2.44. The molecule has 0 radical (unpaired) electrons. The van der Waals surface area contributed by atoms with Gasteiger partial charge in [0.15, 0.2) is 0 Å². The summed E-state index contributed by atoms with van der Waals surface area (Å²) in [6.07, 6.45) is 2.68. The van der Waals surface area contributed by atoms with Crippen LogP contribution < -0.4 is 0 Å². The lowest BCUT2D eigenvalue weighted by atomic mass is 10.1. The van der Waals surface area contributed by atoms with E-state index in [9.17, 15) is 4.79 Å². The molecule has 0 spiro atoms. The Morgan fingerprint density at radius 1 is 1.78 bits per heavy atom. The second kappa shape index (κ2) is 2.21. The van der Waals surface area contributed by atoms with Crippen LogP contribution in [-0.2, 0) is 4.79 Å². The van der Waals surface area contributed by atoms with Gasteiger partial charge < -0.3 is 5.11 Å². The van der Waals surface area contributed by atoms with E-state index >= 15 is 0 Å². The number of aliphatic carboxylic acids is 1. The summed E-state index contributed by atoms with van der Waals surface area (Å²) in [5, 5.41) is 8.52. The maximum Gasteiger partial charge on any atom is 0.310 e. The summed E-state index contributed by atoms with van der Waals surface area (Å²) in [5.74, 6) is -0.956. The van der Waals surface area contributed by atoms with Crippen molar-refractivity contribution in [2.24, 2.45) is 5.92 Å². The van der Waals surface area contributed by atoms with Gasteiger partial charge in [-0.15, -0.1) is 0 Å². The van der Waals surface area contributed by atoms with Crippen molar-refractivity contribution in [1.29, 1.82) is 0 Å². The molecule has 1 fully saturated rings. The van der Waals surface area contributed by atoms with Crippen molar-refractivity contribution in [2.75, 3.05) is 0 Å². The zero-order valence-electron chi connectivity index (χ0n) is 5.26. The topological polar surface area (TPSA) is 37.3 Å². The molecular weight excluding hydrogens is 116 g/mol. The van der Waals surface area contributed by atoms with Crippen LogP contribution in [0.1, 0.15) is 19.3 Å². The molecule has 1 N–H and O–H groups in total. The smallest absolute Gasteiger partial charge is 0.310 e. The normalized spacial score (nSPS) is 26.7. The van der Waals surface area contributed by atoms with Crippen molar-refractivity contribution < 1.29 is 9.90 Å². The first kappa shape index (κ1) is 6.33. The van der Waals surface area contributed by atoms with Crippen LogP contribution in [0.2, 0.25) is 0 Å². The molecule has 0 aromatic carbocycles. The van der Waals surface area contributed by atoms with Crippen molar-refractivity contribution in [2.45, 2.75) is 19.3 Å². The third-order valence-corrected chi connectivity index (χ3v) is 1.78. The van der Waals surface area contributed by atoms with Gasteiger partial charge in [0.25, 0.3) is 0 Å². The molecule has 9 heavy (non-hydrogen) atoms. The molecule has 1 atom stereocenters. The zero-order chi connectivity index (χ0) is 6.85. The van der Waals surface area contributed by atoms with Gasteiger partial charge in [-0.2, -0.15) is 0 Å². The van der Waals surface area contributed by atoms with E-state index in [0.717, 1.165) is 24.8 Å². The van der Waals surface area contributed by atoms with E-state index in [-0.39, 0.29) is 5.92 Å². The van der Waals surface area contributed by atoms with Gasteiger partial charge in [-0.1, -0.05) is 12.2 Å². The van der Waals surface area contributed by atoms with E-state index in [1.54, 1.807) is 0 Å². The van der Waals surface area contributed by atoms with Crippen molar-refractivity contribution in [1.82, 2.24) is 0 Å². The lowest BCUT2D eigenvalue weighted by molar-refractivity contribution is -0.140.